The Bertz CT molecular complexity index is 529. The standard InChI is InChI=1S/C14H17NO3/c1-2-10(8-16)14(17)15-7-11-9-18-13-6-4-3-5-12(11)13/h3-6,9-10,16H,2,7-8H2,1H3,(H,15,17). The van der Waals surface area contributed by atoms with E-state index in [1.54, 1.807) is 6.26 Å². The zero-order valence-corrected chi connectivity index (χ0v) is 10.3. The van der Waals surface area contributed by atoms with Gasteiger partial charge in [0.1, 0.15) is 5.58 Å². The molecule has 0 aliphatic heterocycles. The van der Waals surface area contributed by atoms with Crippen molar-refractivity contribution in [1.82, 2.24) is 5.32 Å². The number of nitrogens with one attached hydrogen (secondary N) is 1. The van der Waals surface area contributed by atoms with Crippen molar-refractivity contribution in [3.8, 4) is 0 Å². The molecular weight excluding hydrogens is 230 g/mol. The minimum atomic E-state index is -0.330. The molecule has 0 aliphatic carbocycles. The second-order valence-corrected chi connectivity index (χ2v) is 4.26. The normalized spacial score (nSPS) is 12.6. The van der Waals surface area contributed by atoms with Crippen molar-refractivity contribution in [2.24, 2.45) is 5.92 Å². The summed E-state index contributed by atoms with van der Waals surface area (Å²) in [4.78, 5) is 11.7. The van der Waals surface area contributed by atoms with Gasteiger partial charge in [0.25, 0.3) is 0 Å². The monoisotopic (exact) mass is 247 g/mol. The molecule has 1 heterocycles. The van der Waals surface area contributed by atoms with Gasteiger partial charge in [0, 0.05) is 17.5 Å². The number of carbonyl (C=O) groups excluding carboxylic acids is 1. The van der Waals surface area contributed by atoms with E-state index in [4.69, 9.17) is 9.52 Å². The summed E-state index contributed by atoms with van der Waals surface area (Å²) in [5, 5.41) is 12.9. The van der Waals surface area contributed by atoms with Gasteiger partial charge in [-0.2, -0.15) is 0 Å². The predicted octanol–water partition coefficient (Wildman–Crippen LogP) is 2.07. The Kier molecular flexibility index (Phi) is 3.99. The third-order valence-electron chi connectivity index (χ3n) is 3.10. The van der Waals surface area contributed by atoms with Crippen LogP contribution in [0.3, 0.4) is 0 Å². The lowest BCUT2D eigenvalue weighted by atomic mass is 10.1. The number of furan rings is 1. The largest absolute Gasteiger partial charge is 0.464 e. The maximum atomic E-state index is 11.7. The van der Waals surface area contributed by atoms with Crippen molar-refractivity contribution < 1.29 is 14.3 Å². The van der Waals surface area contributed by atoms with E-state index in [0.717, 1.165) is 16.5 Å². The Morgan fingerprint density at radius 3 is 2.94 bits per heavy atom. The van der Waals surface area contributed by atoms with Gasteiger partial charge in [-0.05, 0) is 12.5 Å². The molecule has 0 spiro atoms. The molecule has 4 heteroatoms. The molecule has 1 unspecified atom stereocenters. The average molecular weight is 247 g/mol. The van der Waals surface area contributed by atoms with Crippen molar-refractivity contribution in [3.63, 3.8) is 0 Å². The van der Waals surface area contributed by atoms with Gasteiger partial charge in [0.15, 0.2) is 0 Å². The van der Waals surface area contributed by atoms with E-state index in [9.17, 15) is 4.79 Å². The highest BCUT2D eigenvalue weighted by Gasteiger charge is 2.15. The smallest absolute Gasteiger partial charge is 0.225 e. The van der Waals surface area contributed by atoms with Crippen LogP contribution < -0.4 is 5.32 Å². The maximum absolute atomic E-state index is 11.7. The zero-order chi connectivity index (χ0) is 13.0. The summed E-state index contributed by atoms with van der Waals surface area (Å²) < 4.78 is 5.39. The van der Waals surface area contributed by atoms with Crippen LogP contribution in [0.4, 0.5) is 0 Å². The average Bonchev–Trinajstić information content (AvgIpc) is 2.81. The van der Waals surface area contributed by atoms with Crippen LogP contribution in [0.25, 0.3) is 11.0 Å². The van der Waals surface area contributed by atoms with Crippen molar-refractivity contribution in [2.75, 3.05) is 6.61 Å². The van der Waals surface area contributed by atoms with Crippen LogP contribution in [-0.4, -0.2) is 17.6 Å². The second-order valence-electron chi connectivity index (χ2n) is 4.26. The summed E-state index contributed by atoms with van der Waals surface area (Å²) in [6, 6.07) is 7.70. The number of benzene rings is 1. The topological polar surface area (TPSA) is 62.5 Å². The number of hydrogen-bond acceptors (Lipinski definition) is 3. The molecule has 1 amide bonds. The van der Waals surface area contributed by atoms with Crippen LogP contribution >= 0.6 is 0 Å². The summed E-state index contributed by atoms with van der Waals surface area (Å²) in [5.41, 5.74) is 1.77. The fourth-order valence-electron chi connectivity index (χ4n) is 1.89. The predicted molar refractivity (Wildman–Crippen MR) is 68.9 cm³/mol. The van der Waals surface area contributed by atoms with E-state index >= 15 is 0 Å². The Morgan fingerprint density at radius 1 is 1.44 bits per heavy atom. The number of rotatable bonds is 5. The van der Waals surface area contributed by atoms with Gasteiger partial charge in [-0.3, -0.25) is 4.79 Å². The number of fused-ring (bicyclic) bond motifs is 1. The highest BCUT2D eigenvalue weighted by atomic mass is 16.3. The summed E-state index contributed by atoms with van der Waals surface area (Å²) >= 11 is 0. The lowest BCUT2D eigenvalue weighted by Crippen LogP contribution is -2.31. The number of amides is 1. The quantitative estimate of drug-likeness (QED) is 0.850. The molecular formula is C14H17NO3. The molecule has 0 aliphatic rings. The minimum absolute atomic E-state index is 0.117. The molecule has 0 radical (unpaired) electrons. The van der Waals surface area contributed by atoms with Crippen molar-refractivity contribution in [1.29, 1.82) is 0 Å². The summed E-state index contributed by atoms with van der Waals surface area (Å²) in [7, 11) is 0. The third-order valence-corrected chi connectivity index (χ3v) is 3.10. The minimum Gasteiger partial charge on any atom is -0.464 e. The van der Waals surface area contributed by atoms with Crippen LogP contribution in [0.15, 0.2) is 34.9 Å². The van der Waals surface area contributed by atoms with Crippen molar-refractivity contribution in [3.05, 3.63) is 36.1 Å². The van der Waals surface area contributed by atoms with Gasteiger partial charge >= 0.3 is 0 Å². The highest BCUT2D eigenvalue weighted by Crippen LogP contribution is 2.20. The Balaban J connectivity index is 2.04. The first-order valence-electron chi connectivity index (χ1n) is 6.10. The first-order chi connectivity index (χ1) is 8.76. The molecule has 2 N–H and O–H groups in total. The summed E-state index contributed by atoms with van der Waals surface area (Å²) in [6.07, 6.45) is 2.29. The number of para-hydroxylation sites is 1. The van der Waals surface area contributed by atoms with Crippen molar-refractivity contribution in [2.45, 2.75) is 19.9 Å². The Labute approximate surface area is 106 Å². The van der Waals surface area contributed by atoms with E-state index in [-0.39, 0.29) is 18.4 Å². The number of carbonyl (C=O) groups is 1. The molecule has 4 nitrogen and oxygen atoms in total. The first kappa shape index (κ1) is 12.6. The van der Waals surface area contributed by atoms with Gasteiger partial charge in [-0.1, -0.05) is 25.1 Å². The molecule has 2 aromatic rings. The Hall–Kier alpha value is -1.81. The lowest BCUT2D eigenvalue weighted by Gasteiger charge is -2.11. The number of aliphatic hydroxyl groups is 1. The van der Waals surface area contributed by atoms with Gasteiger partial charge in [-0.15, -0.1) is 0 Å². The summed E-state index contributed by atoms with van der Waals surface area (Å²) in [6.45, 7) is 2.19. The van der Waals surface area contributed by atoms with Crippen LogP contribution in [0.5, 0.6) is 0 Å². The lowest BCUT2D eigenvalue weighted by molar-refractivity contribution is -0.126. The van der Waals surface area contributed by atoms with Crippen LogP contribution in [-0.2, 0) is 11.3 Å². The fourth-order valence-corrected chi connectivity index (χ4v) is 1.89. The zero-order valence-electron chi connectivity index (χ0n) is 10.3. The van der Waals surface area contributed by atoms with Gasteiger partial charge in [0.05, 0.1) is 18.8 Å². The SMILES string of the molecule is CCC(CO)C(=O)NCc1coc2ccccc12. The second kappa shape index (κ2) is 5.69. The fraction of sp³-hybridized carbons (Fsp3) is 0.357. The summed E-state index contributed by atoms with van der Waals surface area (Å²) in [5.74, 6) is -0.451. The molecule has 18 heavy (non-hydrogen) atoms. The third kappa shape index (κ3) is 2.54. The molecule has 0 saturated carbocycles. The molecule has 1 aromatic heterocycles. The van der Waals surface area contributed by atoms with Crippen molar-refractivity contribution >= 4 is 16.9 Å². The molecule has 0 bridgehead atoms. The van der Waals surface area contributed by atoms with Gasteiger partial charge in [-0.25, -0.2) is 0 Å². The van der Waals surface area contributed by atoms with E-state index in [1.807, 2.05) is 31.2 Å². The molecule has 1 atom stereocenters. The van der Waals surface area contributed by atoms with Gasteiger partial charge in [0.2, 0.25) is 5.91 Å². The number of hydrogen-bond donors (Lipinski definition) is 2. The van der Waals surface area contributed by atoms with E-state index in [1.165, 1.54) is 0 Å². The molecule has 0 fully saturated rings. The van der Waals surface area contributed by atoms with E-state index < -0.39 is 0 Å². The molecule has 1 aromatic carbocycles. The van der Waals surface area contributed by atoms with Crippen LogP contribution in [0.2, 0.25) is 0 Å². The van der Waals surface area contributed by atoms with Crippen LogP contribution in [0.1, 0.15) is 18.9 Å². The Morgan fingerprint density at radius 2 is 2.22 bits per heavy atom. The maximum Gasteiger partial charge on any atom is 0.225 e. The van der Waals surface area contributed by atoms with E-state index in [0.29, 0.717) is 13.0 Å². The van der Waals surface area contributed by atoms with Gasteiger partial charge < -0.3 is 14.8 Å². The van der Waals surface area contributed by atoms with Crippen LogP contribution in [0, 0.1) is 5.92 Å². The highest BCUT2D eigenvalue weighted by molar-refractivity contribution is 5.82. The van der Waals surface area contributed by atoms with E-state index in [2.05, 4.69) is 5.32 Å². The molecule has 0 saturated heterocycles. The molecule has 96 valence electrons. The molecule has 2 rings (SSSR count). The first-order valence-corrected chi connectivity index (χ1v) is 6.10. The number of aliphatic hydroxyl groups excluding tert-OH is 1.